The first-order valence-electron chi connectivity index (χ1n) is 7.69. The fourth-order valence-electron chi connectivity index (χ4n) is 2.17. The number of nitro benzene ring substituents is 1. The maximum atomic E-state index is 12.9. The van der Waals surface area contributed by atoms with Gasteiger partial charge in [0.05, 0.1) is 28.7 Å². The van der Waals surface area contributed by atoms with Crippen LogP contribution in [0.15, 0.2) is 36.4 Å². The summed E-state index contributed by atoms with van der Waals surface area (Å²) in [4.78, 5) is 22.7. The third kappa shape index (κ3) is 5.03. The average Bonchev–Trinajstić information content (AvgIpc) is 2.62. The van der Waals surface area contributed by atoms with Gasteiger partial charge in [0.2, 0.25) is 0 Å². The molecule has 1 amide bonds. The molecular formula is C17H14ClF3N2O5. The summed E-state index contributed by atoms with van der Waals surface area (Å²) in [7, 11) is 1.33. The number of nitro groups is 1. The van der Waals surface area contributed by atoms with Crippen molar-refractivity contribution in [3.05, 3.63) is 57.1 Å². The lowest BCUT2D eigenvalue weighted by Gasteiger charge is -2.16. The van der Waals surface area contributed by atoms with E-state index in [0.717, 1.165) is 12.1 Å². The van der Waals surface area contributed by atoms with Crippen LogP contribution in [0.1, 0.15) is 12.5 Å². The second-order valence-corrected chi connectivity index (χ2v) is 5.94. The van der Waals surface area contributed by atoms with Crippen LogP contribution in [0, 0.1) is 10.1 Å². The van der Waals surface area contributed by atoms with Crippen molar-refractivity contribution in [1.82, 2.24) is 0 Å². The molecule has 0 saturated carbocycles. The Hall–Kier alpha value is -3.01. The number of hydrogen-bond donors (Lipinski definition) is 1. The van der Waals surface area contributed by atoms with Crippen LogP contribution in [0.25, 0.3) is 0 Å². The van der Waals surface area contributed by atoms with Crippen molar-refractivity contribution in [2.24, 2.45) is 0 Å². The fourth-order valence-corrected chi connectivity index (χ4v) is 2.40. The molecular weight excluding hydrogens is 405 g/mol. The molecule has 0 heterocycles. The lowest BCUT2D eigenvalue weighted by molar-refractivity contribution is -0.386. The van der Waals surface area contributed by atoms with Crippen LogP contribution in [0.4, 0.5) is 24.5 Å². The molecule has 2 aromatic carbocycles. The van der Waals surface area contributed by atoms with E-state index >= 15 is 0 Å². The van der Waals surface area contributed by atoms with Crippen LogP contribution in [0.2, 0.25) is 5.02 Å². The lowest BCUT2D eigenvalue weighted by Crippen LogP contribution is -2.30. The molecule has 0 aliphatic carbocycles. The number of rotatable bonds is 6. The first-order chi connectivity index (χ1) is 13.0. The first-order valence-corrected chi connectivity index (χ1v) is 8.07. The van der Waals surface area contributed by atoms with Crippen molar-refractivity contribution in [2.45, 2.75) is 19.2 Å². The molecule has 7 nitrogen and oxygen atoms in total. The zero-order valence-corrected chi connectivity index (χ0v) is 15.3. The van der Waals surface area contributed by atoms with E-state index in [9.17, 15) is 28.1 Å². The number of amides is 1. The summed E-state index contributed by atoms with van der Waals surface area (Å²) in [5.74, 6) is -0.780. The molecule has 0 aromatic heterocycles. The SMILES string of the molecule is COc1ccc(OC(C)C(=O)Nc2ccc(Cl)c(C(F)(F)F)c2)c([N+](=O)[O-])c1. The summed E-state index contributed by atoms with van der Waals surface area (Å²) in [5, 5.41) is 12.9. The van der Waals surface area contributed by atoms with E-state index in [4.69, 9.17) is 21.1 Å². The molecule has 0 fully saturated rings. The van der Waals surface area contributed by atoms with Crippen molar-refractivity contribution in [3.63, 3.8) is 0 Å². The summed E-state index contributed by atoms with van der Waals surface area (Å²) >= 11 is 5.53. The van der Waals surface area contributed by atoms with Crippen molar-refractivity contribution < 1.29 is 32.4 Å². The number of carbonyl (C=O) groups is 1. The van der Waals surface area contributed by atoms with Gasteiger partial charge >= 0.3 is 11.9 Å². The number of halogens is 4. The zero-order valence-electron chi connectivity index (χ0n) is 14.5. The van der Waals surface area contributed by atoms with E-state index in [1.807, 2.05) is 0 Å². The summed E-state index contributed by atoms with van der Waals surface area (Å²) < 4.78 is 48.9. The van der Waals surface area contributed by atoms with E-state index in [1.165, 1.54) is 32.2 Å². The van der Waals surface area contributed by atoms with Gasteiger partial charge in [0.15, 0.2) is 11.9 Å². The predicted octanol–water partition coefficient (Wildman–Crippen LogP) is 4.68. The maximum Gasteiger partial charge on any atom is 0.417 e. The lowest BCUT2D eigenvalue weighted by atomic mass is 10.2. The highest BCUT2D eigenvalue weighted by molar-refractivity contribution is 6.31. The predicted molar refractivity (Wildman–Crippen MR) is 94.8 cm³/mol. The number of methoxy groups -OCH3 is 1. The number of ether oxygens (including phenoxy) is 2. The Bertz CT molecular complexity index is 905. The Labute approximate surface area is 162 Å². The minimum absolute atomic E-state index is 0.151. The molecule has 2 rings (SSSR count). The monoisotopic (exact) mass is 418 g/mol. The van der Waals surface area contributed by atoms with E-state index in [2.05, 4.69) is 5.32 Å². The molecule has 0 aliphatic rings. The van der Waals surface area contributed by atoms with Gasteiger partial charge in [-0.25, -0.2) is 0 Å². The van der Waals surface area contributed by atoms with Gasteiger partial charge in [0, 0.05) is 5.69 Å². The molecule has 0 saturated heterocycles. The van der Waals surface area contributed by atoms with E-state index < -0.39 is 39.4 Å². The standard InChI is InChI=1S/C17H14ClF3N2O5/c1-9(28-15-6-4-11(27-2)8-14(15)23(25)26)16(24)22-10-3-5-13(18)12(7-10)17(19,20)21/h3-9H,1-2H3,(H,22,24). The Morgan fingerprint density at radius 3 is 2.50 bits per heavy atom. The van der Waals surface area contributed by atoms with Crippen LogP contribution in [-0.2, 0) is 11.0 Å². The van der Waals surface area contributed by atoms with Crippen LogP contribution in [-0.4, -0.2) is 24.0 Å². The molecule has 0 aliphatic heterocycles. The van der Waals surface area contributed by atoms with Gasteiger partial charge in [-0.05, 0) is 37.3 Å². The van der Waals surface area contributed by atoms with Gasteiger partial charge in [0.1, 0.15) is 5.75 Å². The summed E-state index contributed by atoms with van der Waals surface area (Å²) in [5.41, 5.74) is -1.68. The van der Waals surface area contributed by atoms with Gasteiger partial charge in [-0.3, -0.25) is 14.9 Å². The van der Waals surface area contributed by atoms with E-state index in [-0.39, 0.29) is 17.2 Å². The normalized spacial score (nSPS) is 12.2. The van der Waals surface area contributed by atoms with Gasteiger partial charge in [-0.15, -0.1) is 0 Å². The highest BCUT2D eigenvalue weighted by atomic mass is 35.5. The first kappa shape index (κ1) is 21.3. The number of hydrogen-bond acceptors (Lipinski definition) is 5. The molecule has 1 atom stereocenters. The number of benzene rings is 2. The van der Waals surface area contributed by atoms with Crippen molar-refractivity contribution in [3.8, 4) is 11.5 Å². The minimum Gasteiger partial charge on any atom is -0.496 e. The van der Waals surface area contributed by atoms with Crippen LogP contribution in [0.5, 0.6) is 11.5 Å². The molecule has 0 radical (unpaired) electrons. The van der Waals surface area contributed by atoms with Gasteiger partial charge < -0.3 is 14.8 Å². The molecule has 0 bridgehead atoms. The number of anilines is 1. The summed E-state index contributed by atoms with van der Waals surface area (Å²) in [6, 6.07) is 6.65. The smallest absolute Gasteiger partial charge is 0.417 e. The molecule has 0 spiro atoms. The Morgan fingerprint density at radius 2 is 1.93 bits per heavy atom. The van der Waals surface area contributed by atoms with Crippen molar-refractivity contribution in [1.29, 1.82) is 0 Å². The molecule has 1 N–H and O–H groups in total. The van der Waals surface area contributed by atoms with Gasteiger partial charge in [-0.2, -0.15) is 13.2 Å². The fraction of sp³-hybridized carbons (Fsp3) is 0.235. The maximum absolute atomic E-state index is 12.9. The molecule has 150 valence electrons. The summed E-state index contributed by atoms with van der Waals surface area (Å²) in [6.07, 6.45) is -5.93. The highest BCUT2D eigenvalue weighted by Gasteiger charge is 2.33. The second kappa shape index (κ2) is 8.34. The summed E-state index contributed by atoms with van der Waals surface area (Å²) in [6.45, 7) is 1.30. The van der Waals surface area contributed by atoms with E-state index in [1.54, 1.807) is 0 Å². The molecule has 2 aromatic rings. The quantitative estimate of drug-likeness (QED) is 0.543. The van der Waals surface area contributed by atoms with Gasteiger partial charge in [0.25, 0.3) is 5.91 Å². The number of nitrogens with one attached hydrogen (secondary N) is 1. The highest BCUT2D eigenvalue weighted by Crippen LogP contribution is 2.36. The Morgan fingerprint density at radius 1 is 1.25 bits per heavy atom. The molecule has 11 heteroatoms. The number of nitrogens with zero attached hydrogens (tertiary/aromatic N) is 1. The largest absolute Gasteiger partial charge is 0.496 e. The van der Waals surface area contributed by atoms with Crippen LogP contribution >= 0.6 is 11.6 Å². The third-order valence-corrected chi connectivity index (χ3v) is 3.90. The van der Waals surface area contributed by atoms with E-state index in [0.29, 0.717) is 6.07 Å². The zero-order chi connectivity index (χ0) is 21.1. The molecule has 28 heavy (non-hydrogen) atoms. The Kier molecular flexibility index (Phi) is 6.34. The van der Waals surface area contributed by atoms with Gasteiger partial charge in [-0.1, -0.05) is 11.6 Å². The molecule has 1 unspecified atom stereocenters. The van der Waals surface area contributed by atoms with Crippen molar-refractivity contribution >= 4 is 28.9 Å². The minimum atomic E-state index is -4.69. The van der Waals surface area contributed by atoms with Crippen molar-refractivity contribution in [2.75, 3.05) is 12.4 Å². The number of alkyl halides is 3. The van der Waals surface area contributed by atoms with Crippen LogP contribution in [0.3, 0.4) is 0 Å². The van der Waals surface area contributed by atoms with Crippen LogP contribution < -0.4 is 14.8 Å². The topological polar surface area (TPSA) is 90.7 Å². The average molecular weight is 419 g/mol. The Balaban J connectivity index is 2.17. The third-order valence-electron chi connectivity index (χ3n) is 3.58. The number of carbonyl (C=O) groups excluding carboxylic acids is 1. The second-order valence-electron chi connectivity index (χ2n) is 5.53.